The summed E-state index contributed by atoms with van der Waals surface area (Å²) in [6.45, 7) is 4.63. The highest BCUT2D eigenvalue weighted by molar-refractivity contribution is 6.31. The Morgan fingerprint density at radius 1 is 1.16 bits per heavy atom. The van der Waals surface area contributed by atoms with Crippen LogP contribution >= 0.6 is 23.2 Å². The van der Waals surface area contributed by atoms with Crippen LogP contribution in [-0.4, -0.2) is 23.9 Å². The Bertz CT molecular complexity index is 755. The van der Waals surface area contributed by atoms with Gasteiger partial charge in [0.15, 0.2) is 0 Å². The van der Waals surface area contributed by atoms with Gasteiger partial charge < -0.3 is 5.32 Å². The van der Waals surface area contributed by atoms with Crippen molar-refractivity contribution in [1.29, 1.82) is 0 Å². The third-order valence-electron chi connectivity index (χ3n) is 4.78. The van der Waals surface area contributed by atoms with Crippen LogP contribution in [0.1, 0.15) is 24.0 Å². The monoisotopic (exact) mass is 376 g/mol. The molecule has 1 aliphatic heterocycles. The van der Waals surface area contributed by atoms with Gasteiger partial charge in [0.2, 0.25) is 5.91 Å². The maximum Gasteiger partial charge on any atom is 0.227 e. The van der Waals surface area contributed by atoms with E-state index in [1.807, 2.05) is 43.3 Å². The van der Waals surface area contributed by atoms with Crippen molar-refractivity contribution in [2.75, 3.05) is 18.4 Å². The lowest BCUT2D eigenvalue weighted by molar-refractivity contribution is -0.121. The molecule has 0 aliphatic carbocycles. The zero-order valence-corrected chi connectivity index (χ0v) is 15.8. The van der Waals surface area contributed by atoms with Gasteiger partial charge in [-0.1, -0.05) is 41.4 Å². The summed E-state index contributed by atoms with van der Waals surface area (Å²) in [5, 5.41) is 4.48. The van der Waals surface area contributed by atoms with Crippen molar-refractivity contribution in [2.45, 2.75) is 26.3 Å². The van der Waals surface area contributed by atoms with Crippen molar-refractivity contribution in [3.05, 3.63) is 63.6 Å². The molecular formula is C20H22Cl2N2O. The number of likely N-dealkylation sites (tertiary alicyclic amines) is 1. The van der Waals surface area contributed by atoms with Gasteiger partial charge >= 0.3 is 0 Å². The molecule has 1 N–H and O–H groups in total. The molecule has 1 heterocycles. The Balaban J connectivity index is 1.53. The minimum absolute atomic E-state index is 0.0500. The average molecular weight is 377 g/mol. The lowest BCUT2D eigenvalue weighted by Crippen LogP contribution is -2.37. The normalized spacial score (nSPS) is 16.0. The number of halogens is 2. The van der Waals surface area contributed by atoms with E-state index in [1.54, 1.807) is 0 Å². The molecule has 1 saturated heterocycles. The van der Waals surface area contributed by atoms with Crippen molar-refractivity contribution < 1.29 is 4.79 Å². The van der Waals surface area contributed by atoms with Crippen LogP contribution in [0.5, 0.6) is 0 Å². The predicted octanol–water partition coefficient (Wildman–Crippen LogP) is 5.15. The number of nitrogens with zero attached hydrogens (tertiary/aromatic N) is 1. The summed E-state index contributed by atoms with van der Waals surface area (Å²) in [6, 6.07) is 13.5. The minimum Gasteiger partial charge on any atom is -0.326 e. The molecule has 132 valence electrons. The maximum atomic E-state index is 12.6. The molecule has 0 saturated carbocycles. The zero-order chi connectivity index (χ0) is 17.8. The number of rotatable bonds is 4. The first kappa shape index (κ1) is 18.2. The standard InChI is InChI=1S/C20H22Cl2N2O/c1-14-18(22)6-3-7-19(14)23-20(25)16-8-10-24(11-9-16)13-15-4-2-5-17(21)12-15/h2-7,12,16H,8-11,13H2,1H3,(H,23,25). The van der Waals surface area contributed by atoms with Crippen molar-refractivity contribution in [3.63, 3.8) is 0 Å². The lowest BCUT2D eigenvalue weighted by Gasteiger charge is -2.31. The van der Waals surface area contributed by atoms with Gasteiger partial charge in [-0.2, -0.15) is 0 Å². The molecule has 5 heteroatoms. The molecule has 0 aromatic heterocycles. The molecule has 1 fully saturated rings. The number of benzene rings is 2. The first-order valence-corrected chi connectivity index (χ1v) is 9.31. The number of amides is 1. The highest BCUT2D eigenvalue weighted by Gasteiger charge is 2.25. The molecule has 2 aromatic rings. The second kappa shape index (κ2) is 8.22. The highest BCUT2D eigenvalue weighted by atomic mass is 35.5. The van der Waals surface area contributed by atoms with Crippen molar-refractivity contribution >= 4 is 34.8 Å². The smallest absolute Gasteiger partial charge is 0.227 e. The number of nitrogens with one attached hydrogen (secondary N) is 1. The summed E-state index contributed by atoms with van der Waals surface area (Å²) in [6.07, 6.45) is 1.73. The molecule has 1 aliphatic rings. The summed E-state index contributed by atoms with van der Waals surface area (Å²) in [7, 11) is 0. The second-order valence-corrected chi connectivity index (χ2v) is 7.43. The fraction of sp³-hybridized carbons (Fsp3) is 0.350. The quantitative estimate of drug-likeness (QED) is 0.799. The molecule has 2 aromatic carbocycles. The molecule has 25 heavy (non-hydrogen) atoms. The summed E-state index contributed by atoms with van der Waals surface area (Å²) >= 11 is 12.2. The Hall–Kier alpha value is -1.55. The second-order valence-electron chi connectivity index (χ2n) is 6.58. The summed E-state index contributed by atoms with van der Waals surface area (Å²) < 4.78 is 0. The van der Waals surface area contributed by atoms with E-state index < -0.39 is 0 Å². The number of piperidine rings is 1. The van der Waals surface area contributed by atoms with Crippen LogP contribution in [0.15, 0.2) is 42.5 Å². The number of carbonyl (C=O) groups excluding carboxylic acids is 1. The minimum atomic E-state index is 0.0500. The fourth-order valence-corrected chi connectivity index (χ4v) is 3.61. The van der Waals surface area contributed by atoms with E-state index in [4.69, 9.17) is 23.2 Å². The van der Waals surface area contributed by atoms with Gasteiger partial charge in [0.1, 0.15) is 0 Å². The van der Waals surface area contributed by atoms with Crippen LogP contribution in [0, 0.1) is 12.8 Å². The zero-order valence-electron chi connectivity index (χ0n) is 14.3. The van der Waals surface area contributed by atoms with Gasteiger partial charge in [0.05, 0.1) is 0 Å². The van der Waals surface area contributed by atoms with E-state index >= 15 is 0 Å². The molecule has 0 bridgehead atoms. The Labute approximate surface area is 158 Å². The highest BCUT2D eigenvalue weighted by Crippen LogP contribution is 2.26. The Morgan fingerprint density at radius 3 is 2.60 bits per heavy atom. The van der Waals surface area contributed by atoms with Gasteiger partial charge in [-0.25, -0.2) is 0 Å². The Morgan fingerprint density at radius 2 is 1.88 bits per heavy atom. The molecule has 0 spiro atoms. The Kier molecular flexibility index (Phi) is 6.00. The summed E-state index contributed by atoms with van der Waals surface area (Å²) in [5.74, 6) is 0.141. The van der Waals surface area contributed by atoms with E-state index in [9.17, 15) is 4.79 Å². The van der Waals surface area contributed by atoms with Crippen LogP contribution in [-0.2, 0) is 11.3 Å². The van der Waals surface area contributed by atoms with E-state index in [-0.39, 0.29) is 11.8 Å². The topological polar surface area (TPSA) is 32.3 Å². The van der Waals surface area contributed by atoms with Crippen molar-refractivity contribution in [3.8, 4) is 0 Å². The van der Waals surface area contributed by atoms with E-state index in [0.717, 1.165) is 48.7 Å². The first-order chi connectivity index (χ1) is 12.0. The van der Waals surface area contributed by atoms with Gasteiger partial charge in [-0.3, -0.25) is 9.69 Å². The average Bonchev–Trinajstić information content (AvgIpc) is 2.59. The summed E-state index contributed by atoms with van der Waals surface area (Å²) in [4.78, 5) is 14.9. The predicted molar refractivity (Wildman–Crippen MR) is 104 cm³/mol. The van der Waals surface area contributed by atoms with E-state index in [2.05, 4.69) is 16.3 Å². The SMILES string of the molecule is Cc1c(Cl)cccc1NC(=O)C1CCN(Cc2cccc(Cl)c2)CC1. The van der Waals surface area contributed by atoms with Gasteiger partial charge in [-0.05, 0) is 68.2 Å². The number of hydrogen-bond acceptors (Lipinski definition) is 2. The largest absolute Gasteiger partial charge is 0.326 e. The van der Waals surface area contributed by atoms with E-state index in [1.165, 1.54) is 5.56 Å². The third kappa shape index (κ3) is 4.75. The molecule has 1 amide bonds. The van der Waals surface area contributed by atoms with Crippen molar-refractivity contribution in [1.82, 2.24) is 4.90 Å². The van der Waals surface area contributed by atoms with Gasteiger partial charge in [0, 0.05) is 28.2 Å². The molecule has 0 unspecified atom stereocenters. The van der Waals surface area contributed by atoms with Crippen molar-refractivity contribution in [2.24, 2.45) is 5.92 Å². The molecule has 0 radical (unpaired) electrons. The van der Waals surface area contributed by atoms with Gasteiger partial charge in [0.25, 0.3) is 0 Å². The fourth-order valence-electron chi connectivity index (χ4n) is 3.22. The van der Waals surface area contributed by atoms with Crippen LogP contribution in [0.2, 0.25) is 10.0 Å². The molecule has 3 nitrogen and oxygen atoms in total. The van der Waals surface area contributed by atoms with Crippen LogP contribution in [0.3, 0.4) is 0 Å². The molecule has 3 rings (SSSR count). The number of carbonyl (C=O) groups is 1. The number of anilines is 1. The molecular weight excluding hydrogens is 355 g/mol. The molecule has 0 atom stereocenters. The number of hydrogen-bond donors (Lipinski definition) is 1. The third-order valence-corrected chi connectivity index (χ3v) is 5.42. The van der Waals surface area contributed by atoms with Crippen LogP contribution in [0.25, 0.3) is 0 Å². The lowest BCUT2D eigenvalue weighted by atomic mass is 9.95. The van der Waals surface area contributed by atoms with Crippen LogP contribution < -0.4 is 5.32 Å². The first-order valence-electron chi connectivity index (χ1n) is 8.55. The van der Waals surface area contributed by atoms with E-state index in [0.29, 0.717) is 5.02 Å². The van der Waals surface area contributed by atoms with Gasteiger partial charge in [-0.15, -0.1) is 0 Å². The van der Waals surface area contributed by atoms with Crippen LogP contribution in [0.4, 0.5) is 5.69 Å². The maximum absolute atomic E-state index is 12.6. The summed E-state index contributed by atoms with van der Waals surface area (Å²) in [5.41, 5.74) is 2.93.